The summed E-state index contributed by atoms with van der Waals surface area (Å²) in [6.45, 7) is 1.91. The minimum absolute atomic E-state index is 0.183. The van der Waals surface area contributed by atoms with Gasteiger partial charge in [0.05, 0.1) is 7.11 Å². The van der Waals surface area contributed by atoms with E-state index in [-0.39, 0.29) is 6.54 Å². The molecule has 0 radical (unpaired) electrons. The summed E-state index contributed by atoms with van der Waals surface area (Å²) in [6.07, 6.45) is -0.601. The van der Waals surface area contributed by atoms with Crippen LogP contribution in [0.25, 0.3) is 0 Å². The van der Waals surface area contributed by atoms with E-state index in [4.69, 9.17) is 31.9 Å². The fraction of sp³-hybridized carbons (Fsp3) is 0.417. The Morgan fingerprint density at radius 2 is 2.22 bits per heavy atom. The molecule has 0 saturated heterocycles. The fourth-order valence-corrected chi connectivity index (χ4v) is 1.74. The van der Waals surface area contributed by atoms with Crippen LogP contribution in [0.2, 0.25) is 5.02 Å². The maximum atomic E-state index is 11.0. The Morgan fingerprint density at radius 3 is 2.67 bits per heavy atom. The van der Waals surface area contributed by atoms with Crippen molar-refractivity contribution in [2.24, 2.45) is 5.73 Å². The number of hydrogen-bond donors (Lipinski definition) is 2. The highest BCUT2D eigenvalue weighted by molar-refractivity contribution is 6.30. The maximum absolute atomic E-state index is 11.0. The summed E-state index contributed by atoms with van der Waals surface area (Å²) in [5.74, 6) is -0.321. The summed E-state index contributed by atoms with van der Waals surface area (Å²) in [7, 11) is 1.46. The van der Waals surface area contributed by atoms with Crippen molar-refractivity contribution in [1.29, 1.82) is 0 Å². The highest BCUT2D eigenvalue weighted by Gasteiger charge is 2.21. The van der Waals surface area contributed by atoms with Crippen molar-refractivity contribution >= 4 is 17.6 Å². The van der Waals surface area contributed by atoms with Crippen molar-refractivity contribution in [2.75, 3.05) is 7.11 Å². The SMILES string of the molecule is CCC(Oc1c(CN)cc(Cl)cc1OC)C(=O)O. The van der Waals surface area contributed by atoms with Gasteiger partial charge in [0.25, 0.3) is 0 Å². The average molecular weight is 274 g/mol. The van der Waals surface area contributed by atoms with Crippen LogP contribution in [0.3, 0.4) is 0 Å². The first-order valence-electron chi connectivity index (χ1n) is 5.49. The Bertz CT molecular complexity index is 411. The molecule has 0 bridgehead atoms. The summed E-state index contributed by atoms with van der Waals surface area (Å²) in [5.41, 5.74) is 6.21. The summed E-state index contributed by atoms with van der Waals surface area (Å²) >= 11 is 5.91. The van der Waals surface area contributed by atoms with Gasteiger partial charge in [-0.05, 0) is 12.5 Å². The number of halogens is 1. The summed E-state index contributed by atoms with van der Waals surface area (Å²) < 4.78 is 10.6. The van der Waals surface area contributed by atoms with E-state index >= 15 is 0 Å². The molecule has 0 aliphatic rings. The second kappa shape index (κ2) is 6.47. The molecule has 3 N–H and O–H groups in total. The number of benzene rings is 1. The highest BCUT2D eigenvalue weighted by Crippen LogP contribution is 2.35. The third-order valence-corrected chi connectivity index (χ3v) is 2.66. The van der Waals surface area contributed by atoms with Gasteiger partial charge < -0.3 is 20.3 Å². The Hall–Kier alpha value is -1.46. The number of rotatable bonds is 6. The quantitative estimate of drug-likeness (QED) is 0.829. The summed E-state index contributed by atoms with van der Waals surface area (Å²) in [5, 5.41) is 9.45. The zero-order chi connectivity index (χ0) is 13.7. The Kier molecular flexibility index (Phi) is 5.25. The van der Waals surface area contributed by atoms with Gasteiger partial charge in [-0.1, -0.05) is 18.5 Å². The first-order valence-corrected chi connectivity index (χ1v) is 5.87. The van der Waals surface area contributed by atoms with Gasteiger partial charge in [0.1, 0.15) is 0 Å². The van der Waals surface area contributed by atoms with E-state index in [1.54, 1.807) is 19.1 Å². The van der Waals surface area contributed by atoms with Crippen LogP contribution in [0.1, 0.15) is 18.9 Å². The topological polar surface area (TPSA) is 81.8 Å². The molecule has 18 heavy (non-hydrogen) atoms. The van der Waals surface area contributed by atoms with Crippen LogP contribution in [-0.4, -0.2) is 24.3 Å². The lowest BCUT2D eigenvalue weighted by Gasteiger charge is -2.18. The predicted molar refractivity (Wildman–Crippen MR) is 68.2 cm³/mol. The zero-order valence-corrected chi connectivity index (χ0v) is 11.0. The molecule has 0 amide bonds. The van der Waals surface area contributed by atoms with Gasteiger partial charge in [-0.2, -0.15) is 0 Å². The number of nitrogens with two attached hydrogens (primary N) is 1. The van der Waals surface area contributed by atoms with Crippen LogP contribution in [-0.2, 0) is 11.3 Å². The van der Waals surface area contributed by atoms with Crippen LogP contribution in [0.5, 0.6) is 11.5 Å². The van der Waals surface area contributed by atoms with Gasteiger partial charge in [0, 0.05) is 23.2 Å². The van der Waals surface area contributed by atoms with Crippen molar-refractivity contribution in [3.63, 3.8) is 0 Å². The van der Waals surface area contributed by atoms with E-state index < -0.39 is 12.1 Å². The predicted octanol–water partition coefficient (Wildman–Crippen LogP) is 2.05. The van der Waals surface area contributed by atoms with Gasteiger partial charge in [-0.3, -0.25) is 0 Å². The number of carbonyl (C=O) groups is 1. The van der Waals surface area contributed by atoms with Crippen molar-refractivity contribution in [3.05, 3.63) is 22.7 Å². The second-order valence-corrected chi connectivity index (χ2v) is 4.09. The van der Waals surface area contributed by atoms with Gasteiger partial charge in [0.2, 0.25) is 0 Å². The molecule has 100 valence electrons. The molecule has 6 heteroatoms. The van der Waals surface area contributed by atoms with Gasteiger partial charge in [-0.25, -0.2) is 4.79 Å². The molecule has 1 aromatic rings. The van der Waals surface area contributed by atoms with Crippen LogP contribution < -0.4 is 15.2 Å². The highest BCUT2D eigenvalue weighted by atomic mass is 35.5. The Morgan fingerprint density at radius 1 is 1.56 bits per heavy atom. The largest absolute Gasteiger partial charge is 0.493 e. The van der Waals surface area contributed by atoms with E-state index in [1.165, 1.54) is 7.11 Å². The van der Waals surface area contributed by atoms with Crippen molar-refractivity contribution < 1.29 is 19.4 Å². The smallest absolute Gasteiger partial charge is 0.344 e. The summed E-state index contributed by atoms with van der Waals surface area (Å²) in [6, 6.07) is 3.19. The molecule has 0 aliphatic carbocycles. The monoisotopic (exact) mass is 273 g/mol. The normalized spacial score (nSPS) is 12.0. The third kappa shape index (κ3) is 3.27. The average Bonchev–Trinajstić information content (AvgIpc) is 2.35. The van der Waals surface area contributed by atoms with Crippen molar-refractivity contribution in [3.8, 4) is 11.5 Å². The molecule has 1 aromatic carbocycles. The third-order valence-electron chi connectivity index (χ3n) is 2.44. The van der Waals surface area contributed by atoms with Gasteiger partial charge >= 0.3 is 5.97 Å². The first-order chi connectivity index (χ1) is 8.53. The first kappa shape index (κ1) is 14.6. The number of hydrogen-bond acceptors (Lipinski definition) is 4. The molecular weight excluding hydrogens is 258 g/mol. The molecule has 0 heterocycles. The molecule has 1 rings (SSSR count). The molecule has 0 aromatic heterocycles. The lowest BCUT2D eigenvalue weighted by Crippen LogP contribution is -2.26. The number of carboxylic acid groups (broad SMARTS) is 1. The van der Waals surface area contributed by atoms with E-state index in [0.29, 0.717) is 28.5 Å². The van der Waals surface area contributed by atoms with E-state index in [9.17, 15) is 4.79 Å². The molecule has 1 unspecified atom stereocenters. The van der Waals surface area contributed by atoms with Crippen molar-refractivity contribution in [2.45, 2.75) is 26.0 Å². The second-order valence-electron chi connectivity index (χ2n) is 3.65. The van der Waals surface area contributed by atoms with E-state index in [2.05, 4.69) is 0 Å². The summed E-state index contributed by atoms with van der Waals surface area (Å²) in [4.78, 5) is 11.0. The minimum atomic E-state index is -1.03. The molecule has 0 spiro atoms. The Balaban J connectivity index is 3.16. The van der Waals surface area contributed by atoms with E-state index in [1.807, 2.05) is 0 Å². The molecule has 0 saturated carbocycles. The molecule has 1 atom stereocenters. The van der Waals surface area contributed by atoms with E-state index in [0.717, 1.165) is 0 Å². The van der Waals surface area contributed by atoms with Crippen LogP contribution in [0.15, 0.2) is 12.1 Å². The molecular formula is C12H16ClNO4. The number of carboxylic acids is 1. The number of ether oxygens (including phenoxy) is 2. The minimum Gasteiger partial charge on any atom is -0.493 e. The standard InChI is InChI=1S/C12H16ClNO4/c1-3-9(12(15)16)18-11-7(6-14)4-8(13)5-10(11)17-2/h4-5,9H,3,6,14H2,1-2H3,(H,15,16). The Labute approximate surface area is 110 Å². The molecule has 5 nitrogen and oxygen atoms in total. The lowest BCUT2D eigenvalue weighted by molar-refractivity contribution is -0.145. The van der Waals surface area contributed by atoms with Gasteiger partial charge in [-0.15, -0.1) is 0 Å². The lowest BCUT2D eigenvalue weighted by atomic mass is 10.1. The molecule has 0 aliphatic heterocycles. The number of aliphatic carboxylic acids is 1. The zero-order valence-electron chi connectivity index (χ0n) is 10.3. The molecule has 0 fully saturated rings. The van der Waals surface area contributed by atoms with Crippen LogP contribution >= 0.6 is 11.6 Å². The van der Waals surface area contributed by atoms with Crippen LogP contribution in [0.4, 0.5) is 0 Å². The van der Waals surface area contributed by atoms with Gasteiger partial charge in [0.15, 0.2) is 17.6 Å². The number of methoxy groups -OCH3 is 1. The maximum Gasteiger partial charge on any atom is 0.344 e. The van der Waals surface area contributed by atoms with Crippen LogP contribution in [0, 0.1) is 0 Å². The fourth-order valence-electron chi connectivity index (χ4n) is 1.51. The van der Waals surface area contributed by atoms with Crippen molar-refractivity contribution in [1.82, 2.24) is 0 Å².